The van der Waals surface area contributed by atoms with Crippen LogP contribution >= 0.6 is 0 Å². The van der Waals surface area contributed by atoms with E-state index in [1.165, 1.54) is 31.4 Å². The quantitative estimate of drug-likeness (QED) is 0.843. The molecule has 0 bridgehead atoms. The van der Waals surface area contributed by atoms with Gasteiger partial charge in [-0.3, -0.25) is 4.90 Å². The molecular formula is C17H22FNO2. The molecule has 21 heavy (non-hydrogen) atoms. The number of rotatable bonds is 5. The van der Waals surface area contributed by atoms with Gasteiger partial charge in [0.15, 0.2) is 0 Å². The predicted octanol–water partition coefficient (Wildman–Crippen LogP) is 3.55. The Morgan fingerprint density at radius 3 is 3.00 bits per heavy atom. The molecule has 1 unspecified atom stereocenters. The van der Waals surface area contributed by atoms with Gasteiger partial charge in [0.05, 0.1) is 0 Å². The van der Waals surface area contributed by atoms with Crippen molar-refractivity contribution < 1.29 is 14.3 Å². The Bertz CT molecular complexity index is 528. The van der Waals surface area contributed by atoms with Crippen LogP contribution in [0.2, 0.25) is 0 Å². The number of hydrogen-bond acceptors (Lipinski definition) is 2. The van der Waals surface area contributed by atoms with Crippen LogP contribution in [0.5, 0.6) is 0 Å². The molecule has 1 saturated heterocycles. The monoisotopic (exact) mass is 291 g/mol. The topological polar surface area (TPSA) is 40.5 Å². The molecule has 0 spiro atoms. The summed E-state index contributed by atoms with van der Waals surface area (Å²) in [4.78, 5) is 12.8. The lowest BCUT2D eigenvalue weighted by atomic mass is 9.95. The number of carbonyl (C=O) groups is 1. The Morgan fingerprint density at radius 1 is 1.52 bits per heavy atom. The molecule has 0 amide bonds. The number of carboxylic acid groups (broad SMARTS) is 1. The molecular weight excluding hydrogens is 269 g/mol. The highest BCUT2D eigenvalue weighted by molar-refractivity contribution is 5.85. The van der Waals surface area contributed by atoms with E-state index in [4.69, 9.17) is 5.11 Å². The minimum Gasteiger partial charge on any atom is -0.478 e. The van der Waals surface area contributed by atoms with Crippen LogP contribution in [-0.2, 0) is 11.3 Å². The van der Waals surface area contributed by atoms with Gasteiger partial charge >= 0.3 is 5.97 Å². The third-order valence-electron chi connectivity index (χ3n) is 4.07. The van der Waals surface area contributed by atoms with E-state index in [2.05, 4.69) is 11.8 Å². The maximum atomic E-state index is 14.1. The second kappa shape index (κ2) is 7.36. The maximum Gasteiger partial charge on any atom is 0.328 e. The van der Waals surface area contributed by atoms with Crippen molar-refractivity contribution in [2.45, 2.75) is 32.7 Å². The van der Waals surface area contributed by atoms with Gasteiger partial charge in [-0.1, -0.05) is 25.5 Å². The summed E-state index contributed by atoms with van der Waals surface area (Å²) < 4.78 is 14.1. The number of hydrogen-bond donors (Lipinski definition) is 1. The Balaban J connectivity index is 2.02. The van der Waals surface area contributed by atoms with Crippen LogP contribution in [0.25, 0.3) is 6.08 Å². The summed E-state index contributed by atoms with van der Waals surface area (Å²) in [6, 6.07) is 4.92. The fourth-order valence-electron chi connectivity index (χ4n) is 2.83. The largest absolute Gasteiger partial charge is 0.478 e. The van der Waals surface area contributed by atoms with Crippen molar-refractivity contribution in [3.63, 3.8) is 0 Å². The molecule has 1 atom stereocenters. The van der Waals surface area contributed by atoms with Crippen LogP contribution in [0.3, 0.4) is 0 Å². The number of aliphatic carboxylic acids is 1. The molecule has 1 aliphatic rings. The van der Waals surface area contributed by atoms with E-state index in [1.54, 1.807) is 12.1 Å². The lowest BCUT2D eigenvalue weighted by Crippen LogP contribution is -2.34. The zero-order valence-electron chi connectivity index (χ0n) is 12.4. The molecule has 1 aromatic carbocycles. The number of likely N-dealkylation sites (tertiary alicyclic amines) is 1. The van der Waals surface area contributed by atoms with E-state index in [0.717, 1.165) is 25.1 Å². The first-order chi connectivity index (χ1) is 10.1. The summed E-state index contributed by atoms with van der Waals surface area (Å²) in [6.45, 7) is 4.90. The third kappa shape index (κ3) is 4.67. The number of halogens is 1. The SMILES string of the molecule is CCC1CCCN(Cc2ccc(C=CC(=O)O)cc2F)C1. The van der Waals surface area contributed by atoms with Gasteiger partial charge < -0.3 is 5.11 Å². The van der Waals surface area contributed by atoms with Crippen LogP contribution in [0.15, 0.2) is 24.3 Å². The molecule has 1 aliphatic heterocycles. The second-order valence-electron chi connectivity index (χ2n) is 5.67. The average molecular weight is 291 g/mol. The number of nitrogens with zero attached hydrogens (tertiary/aromatic N) is 1. The van der Waals surface area contributed by atoms with Gasteiger partial charge in [0, 0.05) is 24.7 Å². The van der Waals surface area contributed by atoms with Crippen LogP contribution in [0.4, 0.5) is 4.39 Å². The summed E-state index contributed by atoms with van der Waals surface area (Å²) in [7, 11) is 0. The second-order valence-corrected chi connectivity index (χ2v) is 5.67. The molecule has 0 radical (unpaired) electrons. The summed E-state index contributed by atoms with van der Waals surface area (Å²) in [6.07, 6.45) is 6.06. The molecule has 1 fully saturated rings. The highest BCUT2D eigenvalue weighted by atomic mass is 19.1. The van der Waals surface area contributed by atoms with Gasteiger partial charge in [-0.05, 0) is 43.0 Å². The predicted molar refractivity (Wildman–Crippen MR) is 81.4 cm³/mol. The molecule has 0 saturated carbocycles. The van der Waals surface area contributed by atoms with E-state index in [9.17, 15) is 9.18 Å². The zero-order valence-corrected chi connectivity index (χ0v) is 12.4. The highest BCUT2D eigenvalue weighted by Gasteiger charge is 2.19. The van der Waals surface area contributed by atoms with Gasteiger partial charge in [0.1, 0.15) is 5.82 Å². The van der Waals surface area contributed by atoms with Gasteiger partial charge in [-0.15, -0.1) is 0 Å². The van der Waals surface area contributed by atoms with Crippen LogP contribution in [-0.4, -0.2) is 29.1 Å². The first kappa shape index (κ1) is 15.7. The molecule has 1 heterocycles. The molecule has 1 aromatic rings. The Kier molecular flexibility index (Phi) is 5.51. The molecule has 114 valence electrons. The van der Waals surface area contributed by atoms with E-state index >= 15 is 0 Å². The van der Waals surface area contributed by atoms with E-state index in [-0.39, 0.29) is 5.82 Å². The van der Waals surface area contributed by atoms with E-state index < -0.39 is 5.97 Å². The van der Waals surface area contributed by atoms with Crippen molar-refractivity contribution >= 4 is 12.0 Å². The van der Waals surface area contributed by atoms with Crippen molar-refractivity contribution in [2.75, 3.05) is 13.1 Å². The lowest BCUT2D eigenvalue weighted by Gasteiger charge is -2.32. The molecule has 1 N–H and O–H groups in total. The highest BCUT2D eigenvalue weighted by Crippen LogP contribution is 2.22. The third-order valence-corrected chi connectivity index (χ3v) is 4.07. The van der Waals surface area contributed by atoms with Gasteiger partial charge in [0.2, 0.25) is 0 Å². The van der Waals surface area contributed by atoms with Crippen molar-refractivity contribution in [3.8, 4) is 0 Å². The maximum absolute atomic E-state index is 14.1. The summed E-state index contributed by atoms with van der Waals surface area (Å²) >= 11 is 0. The fraction of sp³-hybridized carbons (Fsp3) is 0.471. The smallest absolute Gasteiger partial charge is 0.328 e. The Labute approximate surface area is 125 Å². The summed E-state index contributed by atoms with van der Waals surface area (Å²) in [5.41, 5.74) is 1.25. The number of carboxylic acids is 1. The molecule has 3 nitrogen and oxygen atoms in total. The van der Waals surface area contributed by atoms with E-state index in [0.29, 0.717) is 17.7 Å². The van der Waals surface area contributed by atoms with Gasteiger partial charge in [0.25, 0.3) is 0 Å². The molecule has 0 aliphatic carbocycles. The minimum atomic E-state index is -1.03. The first-order valence-electron chi connectivity index (χ1n) is 7.50. The normalized spacial score (nSPS) is 20.0. The van der Waals surface area contributed by atoms with Gasteiger partial charge in [-0.2, -0.15) is 0 Å². The van der Waals surface area contributed by atoms with Gasteiger partial charge in [-0.25, -0.2) is 9.18 Å². The average Bonchev–Trinajstić information content (AvgIpc) is 2.48. The molecule has 4 heteroatoms. The summed E-state index contributed by atoms with van der Waals surface area (Å²) in [5.74, 6) is -0.570. The first-order valence-corrected chi connectivity index (χ1v) is 7.50. The van der Waals surface area contributed by atoms with E-state index in [1.807, 2.05) is 0 Å². The molecule has 2 rings (SSSR count). The lowest BCUT2D eigenvalue weighted by molar-refractivity contribution is -0.131. The fourth-order valence-corrected chi connectivity index (χ4v) is 2.83. The van der Waals surface area contributed by atoms with Crippen molar-refractivity contribution in [2.24, 2.45) is 5.92 Å². The number of benzene rings is 1. The Morgan fingerprint density at radius 2 is 2.33 bits per heavy atom. The standard InChI is InChI=1S/C17H22FNO2/c1-2-13-4-3-9-19(11-13)12-15-7-5-14(10-16(15)18)6-8-17(20)21/h5-8,10,13H,2-4,9,11-12H2,1H3,(H,20,21). The van der Waals surface area contributed by atoms with Crippen LogP contribution in [0, 0.1) is 11.7 Å². The molecule has 0 aromatic heterocycles. The van der Waals surface area contributed by atoms with Crippen molar-refractivity contribution in [3.05, 3.63) is 41.2 Å². The van der Waals surface area contributed by atoms with Crippen molar-refractivity contribution in [1.29, 1.82) is 0 Å². The summed E-state index contributed by atoms with van der Waals surface area (Å²) in [5, 5.41) is 8.58. The Hall–Kier alpha value is -1.68. The zero-order chi connectivity index (χ0) is 15.2. The van der Waals surface area contributed by atoms with Crippen molar-refractivity contribution in [1.82, 2.24) is 4.90 Å². The number of piperidine rings is 1. The minimum absolute atomic E-state index is 0.263. The van der Waals surface area contributed by atoms with Crippen LogP contribution < -0.4 is 0 Å². The van der Waals surface area contributed by atoms with Crippen LogP contribution in [0.1, 0.15) is 37.3 Å².